The zero-order chi connectivity index (χ0) is 12.8. The molecule has 0 aliphatic carbocycles. The Kier molecular flexibility index (Phi) is 4.45. The molecular weight excluding hydrogens is 226 g/mol. The first-order valence-electron chi connectivity index (χ1n) is 5.00. The third-order valence-corrected chi connectivity index (χ3v) is 1.68. The van der Waals surface area contributed by atoms with Gasteiger partial charge in [-0.3, -0.25) is 0 Å². The molecule has 0 radical (unpaired) electrons. The van der Waals surface area contributed by atoms with Crippen molar-refractivity contribution in [3.05, 3.63) is 24.0 Å². The minimum atomic E-state index is -1.12. The number of ether oxygens (including phenoxy) is 2. The number of esters is 1. The Bertz CT molecular complexity index is 399. The second kappa shape index (κ2) is 5.83. The van der Waals surface area contributed by atoms with Gasteiger partial charge >= 0.3 is 11.9 Å². The Labute approximate surface area is 98.2 Å². The van der Waals surface area contributed by atoms with Gasteiger partial charge in [0.25, 0.3) is 0 Å². The first-order valence-corrected chi connectivity index (χ1v) is 5.00. The van der Waals surface area contributed by atoms with E-state index in [0.29, 0.717) is 5.75 Å². The van der Waals surface area contributed by atoms with Crippen LogP contribution in [0.1, 0.15) is 24.3 Å². The number of carboxylic acids is 1. The van der Waals surface area contributed by atoms with Gasteiger partial charge in [-0.25, -0.2) is 14.6 Å². The summed E-state index contributed by atoms with van der Waals surface area (Å²) in [5.41, 5.74) is -0.0814. The summed E-state index contributed by atoms with van der Waals surface area (Å²) < 4.78 is 9.93. The molecule has 1 aromatic rings. The fourth-order valence-electron chi connectivity index (χ4n) is 1.03. The lowest BCUT2D eigenvalue weighted by Gasteiger charge is -2.08. The van der Waals surface area contributed by atoms with E-state index in [1.165, 1.54) is 18.3 Å². The predicted octanol–water partition coefficient (Wildman–Crippen LogP) is 1.11. The summed E-state index contributed by atoms with van der Waals surface area (Å²) in [6.07, 6.45) is 1.05. The van der Waals surface area contributed by atoms with Crippen molar-refractivity contribution in [2.75, 3.05) is 6.61 Å². The SMILES string of the molecule is CC(C)OC(=O)COc1ccc(C(=O)O)nc1. The van der Waals surface area contributed by atoms with E-state index in [1.54, 1.807) is 13.8 Å². The molecule has 1 aromatic heterocycles. The molecule has 0 aliphatic rings. The van der Waals surface area contributed by atoms with Crippen LogP contribution >= 0.6 is 0 Å². The summed E-state index contributed by atoms with van der Waals surface area (Å²) in [6.45, 7) is 3.24. The molecule has 92 valence electrons. The van der Waals surface area contributed by atoms with Gasteiger partial charge < -0.3 is 14.6 Å². The van der Waals surface area contributed by atoms with Crippen LogP contribution in [0.4, 0.5) is 0 Å². The maximum Gasteiger partial charge on any atom is 0.354 e. The predicted molar refractivity (Wildman–Crippen MR) is 57.9 cm³/mol. The highest BCUT2D eigenvalue weighted by molar-refractivity contribution is 5.85. The Morgan fingerprint density at radius 1 is 1.41 bits per heavy atom. The quantitative estimate of drug-likeness (QED) is 0.774. The summed E-state index contributed by atoms with van der Waals surface area (Å²) in [5, 5.41) is 8.62. The second-order valence-electron chi connectivity index (χ2n) is 3.51. The van der Waals surface area contributed by atoms with Gasteiger partial charge in [-0.05, 0) is 26.0 Å². The molecule has 1 heterocycles. The van der Waals surface area contributed by atoms with Crippen molar-refractivity contribution in [1.29, 1.82) is 0 Å². The first kappa shape index (κ1) is 13.0. The molecule has 0 aliphatic heterocycles. The van der Waals surface area contributed by atoms with Gasteiger partial charge in [0.2, 0.25) is 0 Å². The smallest absolute Gasteiger partial charge is 0.354 e. The van der Waals surface area contributed by atoms with Crippen molar-refractivity contribution < 1.29 is 24.2 Å². The van der Waals surface area contributed by atoms with Crippen LogP contribution in [0.3, 0.4) is 0 Å². The number of aromatic nitrogens is 1. The van der Waals surface area contributed by atoms with Gasteiger partial charge in [-0.15, -0.1) is 0 Å². The topological polar surface area (TPSA) is 85.7 Å². The van der Waals surface area contributed by atoms with Crippen LogP contribution in [0.15, 0.2) is 18.3 Å². The van der Waals surface area contributed by atoms with Gasteiger partial charge in [0.1, 0.15) is 11.4 Å². The van der Waals surface area contributed by atoms with Crippen LogP contribution in [0.25, 0.3) is 0 Å². The van der Waals surface area contributed by atoms with Crippen molar-refractivity contribution in [3.8, 4) is 5.75 Å². The molecule has 0 saturated heterocycles. The Hall–Kier alpha value is -2.11. The molecule has 0 fully saturated rings. The normalized spacial score (nSPS) is 10.1. The maximum absolute atomic E-state index is 11.1. The molecule has 1 rings (SSSR count). The third-order valence-electron chi connectivity index (χ3n) is 1.68. The molecule has 0 bridgehead atoms. The minimum Gasteiger partial charge on any atom is -0.480 e. The molecule has 0 amide bonds. The van der Waals surface area contributed by atoms with E-state index in [2.05, 4.69) is 4.98 Å². The summed E-state index contributed by atoms with van der Waals surface area (Å²) in [6, 6.07) is 2.73. The van der Waals surface area contributed by atoms with Crippen LogP contribution in [-0.4, -0.2) is 34.7 Å². The van der Waals surface area contributed by atoms with Crippen molar-refractivity contribution in [2.45, 2.75) is 20.0 Å². The molecule has 0 unspecified atom stereocenters. The van der Waals surface area contributed by atoms with Gasteiger partial charge in [0.15, 0.2) is 6.61 Å². The van der Waals surface area contributed by atoms with E-state index < -0.39 is 11.9 Å². The number of rotatable bonds is 5. The number of nitrogens with zero attached hydrogens (tertiary/aromatic N) is 1. The van der Waals surface area contributed by atoms with E-state index in [9.17, 15) is 9.59 Å². The molecular formula is C11H13NO5. The molecule has 0 atom stereocenters. The fourth-order valence-corrected chi connectivity index (χ4v) is 1.03. The molecule has 6 heteroatoms. The molecule has 1 N–H and O–H groups in total. The minimum absolute atomic E-state index is 0.0814. The van der Waals surface area contributed by atoms with E-state index in [4.69, 9.17) is 14.6 Å². The lowest BCUT2D eigenvalue weighted by Crippen LogP contribution is -2.18. The lowest BCUT2D eigenvalue weighted by atomic mass is 10.3. The Morgan fingerprint density at radius 3 is 2.59 bits per heavy atom. The lowest BCUT2D eigenvalue weighted by molar-refractivity contribution is -0.149. The molecule has 17 heavy (non-hydrogen) atoms. The largest absolute Gasteiger partial charge is 0.480 e. The molecule has 6 nitrogen and oxygen atoms in total. The number of pyridine rings is 1. The highest BCUT2D eigenvalue weighted by Crippen LogP contribution is 2.09. The number of carbonyl (C=O) groups excluding carboxylic acids is 1. The fraction of sp³-hybridized carbons (Fsp3) is 0.364. The average molecular weight is 239 g/mol. The van der Waals surface area contributed by atoms with Crippen LogP contribution in [0.5, 0.6) is 5.75 Å². The van der Waals surface area contributed by atoms with E-state index >= 15 is 0 Å². The maximum atomic E-state index is 11.1. The zero-order valence-corrected chi connectivity index (χ0v) is 9.54. The monoisotopic (exact) mass is 239 g/mol. The Morgan fingerprint density at radius 2 is 2.12 bits per heavy atom. The summed E-state index contributed by atoms with van der Waals surface area (Å²) in [7, 11) is 0. The summed E-state index contributed by atoms with van der Waals surface area (Å²) >= 11 is 0. The number of carbonyl (C=O) groups is 2. The number of carboxylic acid groups (broad SMARTS) is 1. The summed E-state index contributed by atoms with van der Waals surface area (Å²) in [4.78, 5) is 25.3. The van der Waals surface area contributed by atoms with Crippen molar-refractivity contribution >= 4 is 11.9 Å². The Balaban J connectivity index is 2.47. The standard InChI is InChI=1S/C11H13NO5/c1-7(2)17-10(13)6-16-8-3-4-9(11(14)15)12-5-8/h3-5,7H,6H2,1-2H3,(H,14,15). The number of aromatic carboxylic acids is 1. The van der Waals surface area contributed by atoms with Gasteiger partial charge in [0.05, 0.1) is 12.3 Å². The van der Waals surface area contributed by atoms with Crippen LogP contribution in [0.2, 0.25) is 0 Å². The number of hydrogen-bond donors (Lipinski definition) is 1. The molecule has 0 spiro atoms. The highest BCUT2D eigenvalue weighted by atomic mass is 16.6. The van der Waals surface area contributed by atoms with E-state index in [0.717, 1.165) is 0 Å². The van der Waals surface area contributed by atoms with Crippen LogP contribution in [0, 0.1) is 0 Å². The highest BCUT2D eigenvalue weighted by Gasteiger charge is 2.08. The number of hydrogen-bond acceptors (Lipinski definition) is 5. The zero-order valence-electron chi connectivity index (χ0n) is 9.54. The van der Waals surface area contributed by atoms with Gasteiger partial charge in [-0.2, -0.15) is 0 Å². The molecule has 0 saturated carbocycles. The third kappa shape index (κ3) is 4.50. The first-order chi connectivity index (χ1) is 7.99. The second-order valence-corrected chi connectivity index (χ2v) is 3.51. The average Bonchev–Trinajstić information content (AvgIpc) is 2.26. The molecule has 0 aromatic carbocycles. The van der Waals surface area contributed by atoms with Crippen molar-refractivity contribution in [1.82, 2.24) is 4.98 Å². The summed E-state index contributed by atoms with van der Waals surface area (Å²) in [5.74, 6) is -1.28. The van der Waals surface area contributed by atoms with Gasteiger partial charge in [-0.1, -0.05) is 0 Å². The van der Waals surface area contributed by atoms with Crippen molar-refractivity contribution in [2.24, 2.45) is 0 Å². The van der Waals surface area contributed by atoms with Crippen LogP contribution in [-0.2, 0) is 9.53 Å². The van der Waals surface area contributed by atoms with Crippen LogP contribution < -0.4 is 4.74 Å². The van der Waals surface area contributed by atoms with E-state index in [-0.39, 0.29) is 18.4 Å². The van der Waals surface area contributed by atoms with E-state index in [1.807, 2.05) is 0 Å². The van der Waals surface area contributed by atoms with Crippen molar-refractivity contribution in [3.63, 3.8) is 0 Å². The van der Waals surface area contributed by atoms with Gasteiger partial charge in [0, 0.05) is 0 Å².